The predicted molar refractivity (Wildman–Crippen MR) is 136 cm³/mol. The van der Waals surface area contributed by atoms with Gasteiger partial charge in [-0.3, -0.25) is 4.79 Å². The molecule has 0 unspecified atom stereocenters. The van der Waals surface area contributed by atoms with Crippen molar-refractivity contribution < 1.29 is 14.3 Å². The lowest BCUT2D eigenvalue weighted by molar-refractivity contribution is -0.121. The van der Waals surface area contributed by atoms with Crippen molar-refractivity contribution in [2.75, 3.05) is 26.7 Å². The first-order chi connectivity index (χ1) is 16.4. The third kappa shape index (κ3) is 6.35. The van der Waals surface area contributed by atoms with Crippen molar-refractivity contribution >= 4 is 11.9 Å². The molecular formula is C28H35N3O3. The number of aromatic nitrogens is 1. The lowest BCUT2D eigenvalue weighted by atomic mass is 10.1. The highest BCUT2D eigenvalue weighted by molar-refractivity contribution is 5.95. The van der Waals surface area contributed by atoms with Gasteiger partial charge in [-0.2, -0.15) is 0 Å². The second-order valence-electron chi connectivity index (χ2n) is 8.53. The number of amides is 1. The Hall–Kier alpha value is -3.38. The molecule has 3 rings (SSSR count). The van der Waals surface area contributed by atoms with Crippen LogP contribution in [0.3, 0.4) is 0 Å². The Labute approximate surface area is 202 Å². The summed E-state index contributed by atoms with van der Waals surface area (Å²) < 4.78 is 7.21. The van der Waals surface area contributed by atoms with Crippen molar-refractivity contribution in [1.82, 2.24) is 14.8 Å². The number of ether oxygens (including phenoxy) is 1. The van der Waals surface area contributed by atoms with E-state index in [2.05, 4.69) is 29.4 Å². The summed E-state index contributed by atoms with van der Waals surface area (Å²) in [6.45, 7) is 8.41. The summed E-state index contributed by atoms with van der Waals surface area (Å²) in [5.74, 6) is -0.424. The second-order valence-corrected chi connectivity index (χ2v) is 8.53. The van der Waals surface area contributed by atoms with Crippen LogP contribution < -0.4 is 5.32 Å². The molecule has 1 N–H and O–H groups in total. The molecule has 0 spiro atoms. The lowest BCUT2D eigenvalue weighted by Gasteiger charge is -2.17. The summed E-state index contributed by atoms with van der Waals surface area (Å²) in [7, 11) is 2.09. The molecule has 0 aliphatic carbocycles. The number of hydrogen-bond acceptors (Lipinski definition) is 4. The minimum Gasteiger partial charge on any atom is -0.462 e. The molecular weight excluding hydrogens is 426 g/mol. The molecule has 180 valence electrons. The van der Waals surface area contributed by atoms with E-state index in [0.29, 0.717) is 18.7 Å². The lowest BCUT2D eigenvalue weighted by Crippen LogP contribution is -2.31. The maximum absolute atomic E-state index is 12.8. The molecule has 0 aliphatic heterocycles. The van der Waals surface area contributed by atoms with E-state index < -0.39 is 0 Å². The standard InChI is InChI=1S/C28H35N3O3/c1-5-34-28(33)26-21(2)27(24-15-10-7-11-16-24)31(22(26)3)20-25(32)29-17-12-18-30(4)19-23-13-8-6-9-14-23/h6-11,13-16H,5,12,17-20H2,1-4H3,(H,29,32). The fourth-order valence-electron chi connectivity index (χ4n) is 4.32. The Morgan fingerprint density at radius 1 is 1.00 bits per heavy atom. The van der Waals surface area contributed by atoms with Crippen molar-refractivity contribution in [2.45, 2.75) is 40.3 Å². The first kappa shape index (κ1) is 25.2. The van der Waals surface area contributed by atoms with Gasteiger partial charge in [0, 0.05) is 18.8 Å². The fraction of sp³-hybridized carbons (Fsp3) is 0.357. The maximum Gasteiger partial charge on any atom is 0.340 e. The summed E-state index contributed by atoms with van der Waals surface area (Å²) in [6.07, 6.45) is 0.860. The van der Waals surface area contributed by atoms with Crippen molar-refractivity contribution in [2.24, 2.45) is 0 Å². The summed E-state index contributed by atoms with van der Waals surface area (Å²) in [6, 6.07) is 20.2. The van der Waals surface area contributed by atoms with Crippen molar-refractivity contribution in [1.29, 1.82) is 0 Å². The number of nitrogens with one attached hydrogen (secondary N) is 1. The van der Waals surface area contributed by atoms with Gasteiger partial charge in [0.25, 0.3) is 0 Å². The quantitative estimate of drug-likeness (QED) is 0.335. The van der Waals surface area contributed by atoms with E-state index in [1.165, 1.54) is 5.56 Å². The number of nitrogens with zero attached hydrogens (tertiary/aromatic N) is 2. The smallest absolute Gasteiger partial charge is 0.340 e. The molecule has 6 nitrogen and oxygen atoms in total. The van der Waals surface area contributed by atoms with E-state index in [9.17, 15) is 9.59 Å². The molecule has 0 saturated heterocycles. The molecule has 34 heavy (non-hydrogen) atoms. The Bertz CT molecular complexity index is 1090. The van der Waals surface area contributed by atoms with Crippen LogP contribution in [0.2, 0.25) is 0 Å². The number of rotatable bonds is 11. The highest BCUT2D eigenvalue weighted by atomic mass is 16.5. The molecule has 2 aromatic carbocycles. The van der Waals surface area contributed by atoms with E-state index >= 15 is 0 Å². The third-order valence-corrected chi connectivity index (χ3v) is 5.93. The number of esters is 1. The van der Waals surface area contributed by atoms with Gasteiger partial charge in [-0.25, -0.2) is 4.79 Å². The zero-order valence-electron chi connectivity index (χ0n) is 20.6. The topological polar surface area (TPSA) is 63.6 Å². The monoisotopic (exact) mass is 461 g/mol. The molecule has 0 radical (unpaired) electrons. The van der Waals surface area contributed by atoms with Crippen LogP contribution in [0.15, 0.2) is 60.7 Å². The zero-order valence-corrected chi connectivity index (χ0v) is 20.6. The van der Waals surface area contributed by atoms with Crippen molar-refractivity contribution in [3.8, 4) is 11.3 Å². The third-order valence-electron chi connectivity index (χ3n) is 5.93. The van der Waals surface area contributed by atoms with Crippen LogP contribution in [-0.4, -0.2) is 48.1 Å². The summed E-state index contributed by atoms with van der Waals surface area (Å²) in [4.78, 5) is 27.7. The highest BCUT2D eigenvalue weighted by Gasteiger charge is 2.25. The molecule has 0 fully saturated rings. The Balaban J connectivity index is 1.65. The Morgan fingerprint density at radius 2 is 1.65 bits per heavy atom. The number of carbonyl (C=O) groups excluding carboxylic acids is 2. The highest BCUT2D eigenvalue weighted by Crippen LogP contribution is 2.31. The van der Waals surface area contributed by atoms with Gasteiger partial charge in [0.05, 0.1) is 17.9 Å². The number of hydrogen-bond donors (Lipinski definition) is 1. The van der Waals surface area contributed by atoms with Crippen molar-refractivity contribution in [3.05, 3.63) is 83.0 Å². The predicted octanol–water partition coefficient (Wildman–Crippen LogP) is 4.59. The molecule has 1 aromatic heterocycles. The second kappa shape index (κ2) is 12.2. The fourth-order valence-corrected chi connectivity index (χ4v) is 4.32. The number of carbonyl (C=O) groups is 2. The van der Waals surface area contributed by atoms with Gasteiger partial charge in [-0.15, -0.1) is 0 Å². The zero-order chi connectivity index (χ0) is 24.5. The van der Waals surface area contributed by atoms with Crippen LogP contribution in [0.25, 0.3) is 11.3 Å². The largest absolute Gasteiger partial charge is 0.462 e. The van der Waals surface area contributed by atoms with Gasteiger partial charge in [0.2, 0.25) is 5.91 Å². The van der Waals surface area contributed by atoms with Gasteiger partial charge in [-0.05, 0) is 57.5 Å². The summed E-state index contributed by atoms with van der Waals surface area (Å²) in [5.41, 5.74) is 5.23. The van der Waals surface area contributed by atoms with Gasteiger partial charge < -0.3 is 19.5 Å². The van der Waals surface area contributed by atoms with Gasteiger partial charge in [0.15, 0.2) is 0 Å². The van der Waals surface area contributed by atoms with E-state index in [0.717, 1.165) is 42.0 Å². The molecule has 1 heterocycles. The maximum atomic E-state index is 12.8. The number of benzene rings is 2. The first-order valence-electron chi connectivity index (χ1n) is 11.8. The normalized spacial score (nSPS) is 11.0. The van der Waals surface area contributed by atoms with E-state index in [4.69, 9.17) is 4.74 Å². The average molecular weight is 462 g/mol. The van der Waals surface area contributed by atoms with E-state index in [1.54, 1.807) is 6.92 Å². The van der Waals surface area contributed by atoms with E-state index in [1.807, 2.05) is 66.9 Å². The van der Waals surface area contributed by atoms with Crippen LogP contribution in [0, 0.1) is 13.8 Å². The van der Waals surface area contributed by atoms with Crippen LogP contribution in [0.4, 0.5) is 0 Å². The molecule has 0 atom stereocenters. The van der Waals surface area contributed by atoms with Crippen molar-refractivity contribution in [3.63, 3.8) is 0 Å². The molecule has 1 amide bonds. The molecule has 3 aromatic rings. The van der Waals surface area contributed by atoms with Crippen LogP contribution >= 0.6 is 0 Å². The van der Waals surface area contributed by atoms with Gasteiger partial charge >= 0.3 is 5.97 Å². The van der Waals surface area contributed by atoms with Crippen LogP contribution in [-0.2, 0) is 22.6 Å². The minimum absolute atomic E-state index is 0.0728. The van der Waals surface area contributed by atoms with E-state index in [-0.39, 0.29) is 18.4 Å². The average Bonchev–Trinajstić information content (AvgIpc) is 3.07. The van der Waals surface area contributed by atoms with Crippen LogP contribution in [0.5, 0.6) is 0 Å². The Kier molecular flexibility index (Phi) is 9.05. The Morgan fingerprint density at radius 3 is 2.29 bits per heavy atom. The molecule has 0 aliphatic rings. The molecule has 6 heteroatoms. The molecule has 0 saturated carbocycles. The summed E-state index contributed by atoms with van der Waals surface area (Å²) in [5, 5.41) is 3.04. The SMILES string of the molecule is CCOC(=O)c1c(C)c(-c2ccccc2)n(CC(=O)NCCCN(C)Cc2ccccc2)c1C. The van der Waals surface area contributed by atoms with Gasteiger partial charge in [-0.1, -0.05) is 60.7 Å². The first-order valence-corrected chi connectivity index (χ1v) is 11.8. The van der Waals surface area contributed by atoms with Crippen LogP contribution in [0.1, 0.15) is 40.5 Å². The summed E-state index contributed by atoms with van der Waals surface area (Å²) >= 11 is 0. The minimum atomic E-state index is -0.352. The molecule has 0 bridgehead atoms. The van der Waals surface area contributed by atoms with Gasteiger partial charge in [0.1, 0.15) is 6.54 Å².